The second-order valence-corrected chi connectivity index (χ2v) is 6.21. The number of halogens is 1. The highest BCUT2D eigenvalue weighted by molar-refractivity contribution is 9.10. The fraction of sp³-hybridized carbons (Fsp3) is 0.312. The summed E-state index contributed by atoms with van der Waals surface area (Å²) in [6, 6.07) is 10.7. The summed E-state index contributed by atoms with van der Waals surface area (Å²) in [5.74, 6) is 2.71. The molecule has 0 bridgehead atoms. The van der Waals surface area contributed by atoms with E-state index in [4.69, 9.17) is 9.47 Å². The van der Waals surface area contributed by atoms with Crippen LogP contribution in [0.1, 0.15) is 24.4 Å². The Hall–Kier alpha value is -1.75. The minimum Gasteiger partial charge on any atom is -0.454 e. The smallest absolute Gasteiger partial charge is 0.231 e. The highest BCUT2D eigenvalue weighted by Crippen LogP contribution is 2.40. The van der Waals surface area contributed by atoms with Gasteiger partial charge in [0, 0.05) is 17.2 Å². The van der Waals surface area contributed by atoms with Crippen molar-refractivity contribution in [2.45, 2.75) is 18.9 Å². The standard InChI is InChI=1S/C16H15BrN2O2/c17-12-4-6-16(18-9-12)19-7-1-2-13(19)11-3-5-14-15(8-11)21-10-20-14/h3-6,8-9,13H,1-2,7,10H2. The quantitative estimate of drug-likeness (QED) is 0.825. The fourth-order valence-corrected chi connectivity index (χ4v) is 3.28. The number of nitrogens with zero attached hydrogens (tertiary/aromatic N) is 2. The molecule has 1 atom stereocenters. The van der Waals surface area contributed by atoms with E-state index in [1.165, 1.54) is 12.0 Å². The number of pyridine rings is 1. The first-order valence-electron chi connectivity index (χ1n) is 7.09. The fourth-order valence-electron chi connectivity index (χ4n) is 3.05. The van der Waals surface area contributed by atoms with Gasteiger partial charge < -0.3 is 14.4 Å². The summed E-state index contributed by atoms with van der Waals surface area (Å²) in [6.45, 7) is 1.36. The van der Waals surface area contributed by atoms with Gasteiger partial charge in [-0.05, 0) is 58.6 Å². The molecular formula is C16H15BrN2O2. The van der Waals surface area contributed by atoms with Crippen LogP contribution in [0.3, 0.4) is 0 Å². The highest BCUT2D eigenvalue weighted by atomic mass is 79.9. The number of ether oxygens (including phenoxy) is 2. The Kier molecular flexibility index (Phi) is 3.22. The number of rotatable bonds is 2. The third-order valence-corrected chi connectivity index (χ3v) is 4.51. The zero-order valence-electron chi connectivity index (χ0n) is 11.5. The van der Waals surface area contributed by atoms with Crippen LogP contribution in [0.5, 0.6) is 11.5 Å². The number of hydrogen-bond acceptors (Lipinski definition) is 4. The first kappa shape index (κ1) is 13.0. The summed E-state index contributed by atoms with van der Waals surface area (Å²) in [5.41, 5.74) is 1.27. The normalized spacial score (nSPS) is 20.0. The maximum absolute atomic E-state index is 5.49. The van der Waals surface area contributed by atoms with Crippen LogP contribution in [-0.2, 0) is 0 Å². The molecule has 108 valence electrons. The van der Waals surface area contributed by atoms with Gasteiger partial charge in [-0.25, -0.2) is 4.98 Å². The molecule has 1 saturated heterocycles. The Morgan fingerprint density at radius 3 is 2.90 bits per heavy atom. The van der Waals surface area contributed by atoms with Crippen LogP contribution < -0.4 is 14.4 Å². The van der Waals surface area contributed by atoms with Gasteiger partial charge in [0.1, 0.15) is 5.82 Å². The summed E-state index contributed by atoms with van der Waals surface area (Å²) >= 11 is 3.44. The molecule has 4 rings (SSSR count). The van der Waals surface area contributed by atoms with Crippen LogP contribution in [0.4, 0.5) is 5.82 Å². The lowest BCUT2D eigenvalue weighted by molar-refractivity contribution is 0.174. The minimum absolute atomic E-state index is 0.321. The van der Waals surface area contributed by atoms with E-state index in [0.717, 1.165) is 34.8 Å². The molecule has 4 nitrogen and oxygen atoms in total. The van der Waals surface area contributed by atoms with Crippen LogP contribution in [0.2, 0.25) is 0 Å². The molecular weight excluding hydrogens is 332 g/mol. The minimum atomic E-state index is 0.321. The third kappa shape index (κ3) is 2.35. The van der Waals surface area contributed by atoms with Crippen molar-refractivity contribution in [2.75, 3.05) is 18.2 Å². The lowest BCUT2D eigenvalue weighted by Crippen LogP contribution is -2.23. The molecule has 0 amide bonds. The third-order valence-electron chi connectivity index (χ3n) is 4.04. The number of anilines is 1. The zero-order valence-corrected chi connectivity index (χ0v) is 13.0. The van der Waals surface area contributed by atoms with Crippen molar-refractivity contribution < 1.29 is 9.47 Å². The summed E-state index contributed by atoms with van der Waals surface area (Å²) in [6.07, 6.45) is 4.17. The van der Waals surface area contributed by atoms with Crippen molar-refractivity contribution in [2.24, 2.45) is 0 Å². The summed E-state index contributed by atoms with van der Waals surface area (Å²) in [4.78, 5) is 6.90. The molecule has 0 aliphatic carbocycles. The van der Waals surface area contributed by atoms with Gasteiger partial charge in [-0.1, -0.05) is 6.07 Å². The van der Waals surface area contributed by atoms with Gasteiger partial charge in [-0.3, -0.25) is 0 Å². The molecule has 0 N–H and O–H groups in total. The molecule has 21 heavy (non-hydrogen) atoms. The number of hydrogen-bond donors (Lipinski definition) is 0. The first-order chi connectivity index (χ1) is 10.3. The van der Waals surface area contributed by atoms with E-state index in [1.807, 2.05) is 18.3 Å². The largest absolute Gasteiger partial charge is 0.454 e. The average Bonchev–Trinajstić information content (AvgIpc) is 3.16. The average molecular weight is 347 g/mol. The van der Waals surface area contributed by atoms with Crippen molar-refractivity contribution in [3.8, 4) is 11.5 Å². The van der Waals surface area contributed by atoms with Gasteiger partial charge in [0.15, 0.2) is 11.5 Å². The van der Waals surface area contributed by atoms with Crippen molar-refractivity contribution in [3.63, 3.8) is 0 Å². The predicted molar refractivity (Wildman–Crippen MR) is 83.8 cm³/mol. The van der Waals surface area contributed by atoms with E-state index < -0.39 is 0 Å². The summed E-state index contributed by atoms with van der Waals surface area (Å²) < 4.78 is 11.9. The SMILES string of the molecule is Brc1ccc(N2CCCC2c2ccc3c(c2)OCO3)nc1. The van der Waals surface area contributed by atoms with Gasteiger partial charge in [-0.2, -0.15) is 0 Å². The van der Waals surface area contributed by atoms with Crippen molar-refractivity contribution in [3.05, 3.63) is 46.6 Å². The second kappa shape index (κ2) is 5.22. The molecule has 1 unspecified atom stereocenters. The maximum atomic E-state index is 5.49. The maximum Gasteiger partial charge on any atom is 0.231 e. The predicted octanol–water partition coefficient (Wildman–Crippen LogP) is 3.91. The Morgan fingerprint density at radius 1 is 1.14 bits per heavy atom. The molecule has 3 heterocycles. The number of benzene rings is 1. The monoisotopic (exact) mass is 346 g/mol. The van der Waals surface area contributed by atoms with Crippen LogP contribution in [-0.4, -0.2) is 18.3 Å². The summed E-state index contributed by atoms with van der Waals surface area (Å²) in [5, 5.41) is 0. The molecule has 0 saturated carbocycles. The zero-order chi connectivity index (χ0) is 14.2. The van der Waals surface area contributed by atoms with E-state index in [-0.39, 0.29) is 0 Å². The van der Waals surface area contributed by atoms with E-state index >= 15 is 0 Å². The van der Waals surface area contributed by atoms with Gasteiger partial charge in [0.05, 0.1) is 6.04 Å². The Labute approximate surface area is 131 Å². The van der Waals surface area contributed by atoms with Gasteiger partial charge in [-0.15, -0.1) is 0 Å². The van der Waals surface area contributed by atoms with E-state index in [2.05, 4.69) is 44.0 Å². The molecule has 0 spiro atoms. The van der Waals surface area contributed by atoms with Gasteiger partial charge in [0.2, 0.25) is 6.79 Å². The number of aromatic nitrogens is 1. The first-order valence-corrected chi connectivity index (χ1v) is 7.88. The molecule has 5 heteroatoms. The second-order valence-electron chi connectivity index (χ2n) is 5.30. The highest BCUT2D eigenvalue weighted by Gasteiger charge is 2.28. The van der Waals surface area contributed by atoms with Crippen LogP contribution in [0, 0.1) is 0 Å². The van der Waals surface area contributed by atoms with Crippen LogP contribution >= 0.6 is 15.9 Å². The van der Waals surface area contributed by atoms with E-state index in [0.29, 0.717) is 12.8 Å². The van der Waals surface area contributed by atoms with E-state index in [9.17, 15) is 0 Å². The van der Waals surface area contributed by atoms with E-state index in [1.54, 1.807) is 0 Å². The topological polar surface area (TPSA) is 34.6 Å². The lowest BCUT2D eigenvalue weighted by atomic mass is 10.0. The molecule has 0 radical (unpaired) electrons. The van der Waals surface area contributed by atoms with Crippen molar-refractivity contribution >= 4 is 21.7 Å². The van der Waals surface area contributed by atoms with Crippen molar-refractivity contribution in [1.82, 2.24) is 4.98 Å². The molecule has 1 aromatic heterocycles. The van der Waals surface area contributed by atoms with Gasteiger partial charge >= 0.3 is 0 Å². The van der Waals surface area contributed by atoms with Crippen molar-refractivity contribution in [1.29, 1.82) is 0 Å². The van der Waals surface area contributed by atoms with Crippen LogP contribution in [0.15, 0.2) is 41.0 Å². The molecule has 2 aliphatic rings. The number of fused-ring (bicyclic) bond motifs is 1. The molecule has 2 aromatic rings. The van der Waals surface area contributed by atoms with Crippen LogP contribution in [0.25, 0.3) is 0 Å². The Bertz CT molecular complexity index is 660. The Morgan fingerprint density at radius 2 is 2.05 bits per heavy atom. The molecule has 1 fully saturated rings. The van der Waals surface area contributed by atoms with Gasteiger partial charge in [0.25, 0.3) is 0 Å². The molecule has 2 aliphatic heterocycles. The Balaban J connectivity index is 1.65. The summed E-state index contributed by atoms with van der Waals surface area (Å²) in [7, 11) is 0. The molecule has 1 aromatic carbocycles. The lowest BCUT2D eigenvalue weighted by Gasteiger charge is -2.26.